The first-order valence-electron chi connectivity index (χ1n) is 5.19. The van der Waals surface area contributed by atoms with E-state index in [1.807, 2.05) is 0 Å². The number of rotatable bonds is 3. The van der Waals surface area contributed by atoms with Crippen molar-refractivity contribution in [2.24, 2.45) is 0 Å². The third-order valence-corrected chi connectivity index (χ3v) is 2.14. The van der Waals surface area contributed by atoms with E-state index in [0.29, 0.717) is 5.75 Å². The summed E-state index contributed by atoms with van der Waals surface area (Å²) in [4.78, 5) is 21.9. The van der Waals surface area contributed by atoms with Crippen molar-refractivity contribution in [1.29, 1.82) is 0 Å². The van der Waals surface area contributed by atoms with E-state index in [4.69, 9.17) is 9.47 Å². The summed E-state index contributed by atoms with van der Waals surface area (Å²) in [5, 5.41) is 3.21. The van der Waals surface area contributed by atoms with Crippen LogP contribution in [-0.2, 0) is 4.79 Å². The maximum atomic E-state index is 12.0. The van der Waals surface area contributed by atoms with Crippen LogP contribution in [0.5, 0.6) is 11.5 Å². The van der Waals surface area contributed by atoms with Gasteiger partial charge in [0, 0.05) is 6.07 Å². The molecule has 0 aromatic heterocycles. The quantitative estimate of drug-likeness (QED) is 0.892. The molecule has 0 saturated heterocycles. The lowest BCUT2D eigenvalue weighted by Gasteiger charge is -2.12. The van der Waals surface area contributed by atoms with Crippen LogP contribution in [0.15, 0.2) is 18.2 Å². The predicted octanol–water partition coefficient (Wildman–Crippen LogP) is 1.91. The summed E-state index contributed by atoms with van der Waals surface area (Å²) in [5.41, 5.74) is 0.0549. The third-order valence-electron chi connectivity index (χ3n) is 2.14. The van der Waals surface area contributed by atoms with E-state index in [2.05, 4.69) is 5.32 Å². The Morgan fingerprint density at radius 3 is 2.30 bits per heavy atom. The van der Waals surface area contributed by atoms with Crippen LogP contribution in [0.1, 0.15) is 0 Å². The number of methoxy groups -OCH3 is 2. The Bertz CT molecular complexity index is 517. The molecule has 1 aromatic rings. The van der Waals surface area contributed by atoms with Gasteiger partial charge in [0.25, 0.3) is 0 Å². The molecule has 0 spiro atoms. The molecular weight excluding hydrogens is 281 g/mol. The van der Waals surface area contributed by atoms with Gasteiger partial charge in [-0.1, -0.05) is 0 Å². The minimum absolute atomic E-state index is 0.0549. The van der Waals surface area contributed by atoms with Crippen molar-refractivity contribution < 1.29 is 32.2 Å². The van der Waals surface area contributed by atoms with Crippen molar-refractivity contribution in [1.82, 2.24) is 5.32 Å². The molecule has 2 N–H and O–H groups in total. The monoisotopic (exact) mass is 292 g/mol. The average molecular weight is 292 g/mol. The smallest absolute Gasteiger partial charge is 0.471 e. The highest BCUT2D eigenvalue weighted by molar-refractivity contribution is 6.03. The first-order chi connectivity index (χ1) is 9.27. The van der Waals surface area contributed by atoms with Gasteiger partial charge >= 0.3 is 18.1 Å². The van der Waals surface area contributed by atoms with Gasteiger partial charge in [-0.3, -0.25) is 10.1 Å². The van der Waals surface area contributed by atoms with Crippen LogP contribution in [0.2, 0.25) is 0 Å². The van der Waals surface area contributed by atoms with Crippen LogP contribution in [0.4, 0.5) is 23.7 Å². The largest absolute Gasteiger partial charge is 0.497 e. The number of ether oxygens (including phenoxy) is 2. The van der Waals surface area contributed by atoms with E-state index in [1.54, 1.807) is 0 Å². The SMILES string of the molecule is COc1ccc(OC)c(NC(=O)NC(=O)C(F)(F)F)c1. The zero-order valence-electron chi connectivity index (χ0n) is 10.5. The number of imide groups is 1. The van der Waals surface area contributed by atoms with Gasteiger partial charge in [-0.2, -0.15) is 13.2 Å². The molecule has 0 atom stereocenters. The Balaban J connectivity index is 2.82. The lowest BCUT2D eigenvalue weighted by Crippen LogP contribution is -2.42. The molecule has 0 fully saturated rings. The topological polar surface area (TPSA) is 76.7 Å². The van der Waals surface area contributed by atoms with Gasteiger partial charge in [0.05, 0.1) is 19.9 Å². The van der Waals surface area contributed by atoms with E-state index in [9.17, 15) is 22.8 Å². The number of nitrogens with one attached hydrogen (secondary N) is 2. The van der Waals surface area contributed by atoms with Gasteiger partial charge in [0.15, 0.2) is 0 Å². The van der Waals surface area contributed by atoms with Gasteiger partial charge < -0.3 is 14.8 Å². The Morgan fingerprint density at radius 2 is 1.80 bits per heavy atom. The van der Waals surface area contributed by atoms with Crippen molar-refractivity contribution in [3.63, 3.8) is 0 Å². The van der Waals surface area contributed by atoms with E-state index in [-0.39, 0.29) is 11.4 Å². The predicted molar refractivity (Wildman–Crippen MR) is 62.8 cm³/mol. The van der Waals surface area contributed by atoms with Crippen LogP contribution >= 0.6 is 0 Å². The molecule has 1 rings (SSSR count). The minimum Gasteiger partial charge on any atom is -0.497 e. The van der Waals surface area contributed by atoms with Crippen LogP contribution in [0.3, 0.4) is 0 Å². The summed E-state index contributed by atoms with van der Waals surface area (Å²) in [6, 6.07) is 2.97. The van der Waals surface area contributed by atoms with Crippen LogP contribution in [0.25, 0.3) is 0 Å². The molecule has 110 valence electrons. The molecule has 0 radical (unpaired) electrons. The van der Waals surface area contributed by atoms with Crippen molar-refractivity contribution in [2.45, 2.75) is 6.18 Å². The molecule has 3 amide bonds. The Hall–Kier alpha value is -2.45. The lowest BCUT2D eigenvalue weighted by molar-refractivity contribution is -0.172. The standard InChI is InChI=1S/C11H11F3N2O4/c1-19-6-3-4-8(20-2)7(5-6)15-10(18)16-9(17)11(12,13)14/h3-5H,1-2H3,(H2,15,16,17,18). The van der Waals surface area contributed by atoms with Gasteiger partial charge in [-0.25, -0.2) is 4.79 Å². The van der Waals surface area contributed by atoms with Crippen molar-refractivity contribution >= 4 is 17.6 Å². The molecule has 1 aromatic carbocycles. The fraction of sp³-hybridized carbons (Fsp3) is 0.273. The molecule has 0 aliphatic heterocycles. The zero-order valence-corrected chi connectivity index (χ0v) is 10.5. The van der Waals surface area contributed by atoms with Crippen molar-refractivity contribution in [3.05, 3.63) is 18.2 Å². The first kappa shape index (κ1) is 15.6. The number of halogens is 3. The minimum atomic E-state index is -5.14. The van der Waals surface area contributed by atoms with Gasteiger partial charge in [0.1, 0.15) is 11.5 Å². The maximum Gasteiger partial charge on any atom is 0.471 e. The third kappa shape index (κ3) is 4.04. The molecule has 0 unspecified atom stereocenters. The van der Waals surface area contributed by atoms with E-state index in [0.717, 1.165) is 5.32 Å². The number of urea groups is 1. The Kier molecular flexibility index (Phi) is 4.78. The van der Waals surface area contributed by atoms with Gasteiger partial charge in [0.2, 0.25) is 0 Å². The summed E-state index contributed by atoms with van der Waals surface area (Å²) in [5.74, 6) is -1.82. The molecule has 0 heterocycles. The molecule has 0 aliphatic carbocycles. The second-order valence-electron chi connectivity index (χ2n) is 3.47. The highest BCUT2D eigenvalue weighted by Crippen LogP contribution is 2.28. The molecular formula is C11H11F3N2O4. The second-order valence-corrected chi connectivity index (χ2v) is 3.47. The maximum absolute atomic E-state index is 12.0. The Morgan fingerprint density at radius 1 is 1.15 bits per heavy atom. The first-order valence-corrected chi connectivity index (χ1v) is 5.19. The van der Waals surface area contributed by atoms with E-state index < -0.39 is 18.1 Å². The number of carbonyl (C=O) groups excluding carboxylic acids is 2. The molecule has 9 heteroatoms. The lowest BCUT2D eigenvalue weighted by atomic mass is 10.2. The normalized spacial score (nSPS) is 10.7. The molecule has 0 saturated carbocycles. The highest BCUT2D eigenvalue weighted by atomic mass is 19.4. The fourth-order valence-corrected chi connectivity index (χ4v) is 1.24. The van der Waals surface area contributed by atoms with Crippen molar-refractivity contribution in [3.8, 4) is 11.5 Å². The van der Waals surface area contributed by atoms with E-state index in [1.165, 1.54) is 32.4 Å². The van der Waals surface area contributed by atoms with E-state index >= 15 is 0 Å². The number of amides is 3. The summed E-state index contributed by atoms with van der Waals surface area (Å²) < 4.78 is 45.7. The fourth-order valence-electron chi connectivity index (χ4n) is 1.24. The molecule has 6 nitrogen and oxygen atoms in total. The average Bonchev–Trinajstić information content (AvgIpc) is 2.37. The Labute approximate surface area is 111 Å². The number of anilines is 1. The summed E-state index contributed by atoms with van der Waals surface area (Å²) in [6.45, 7) is 0. The number of hydrogen-bond acceptors (Lipinski definition) is 4. The van der Waals surface area contributed by atoms with Crippen molar-refractivity contribution in [2.75, 3.05) is 19.5 Å². The van der Waals surface area contributed by atoms with Crippen LogP contribution < -0.4 is 20.1 Å². The number of hydrogen-bond donors (Lipinski definition) is 2. The van der Waals surface area contributed by atoms with Crippen LogP contribution in [0, 0.1) is 0 Å². The summed E-state index contributed by atoms with van der Waals surface area (Å²) in [7, 11) is 2.69. The number of benzene rings is 1. The highest BCUT2D eigenvalue weighted by Gasteiger charge is 2.39. The summed E-state index contributed by atoms with van der Waals surface area (Å²) in [6.07, 6.45) is -5.14. The zero-order chi connectivity index (χ0) is 15.3. The van der Waals surface area contributed by atoms with Gasteiger partial charge in [-0.15, -0.1) is 0 Å². The van der Waals surface area contributed by atoms with Crippen LogP contribution in [-0.4, -0.2) is 32.3 Å². The molecule has 0 aliphatic rings. The second kappa shape index (κ2) is 6.13. The van der Waals surface area contributed by atoms with Gasteiger partial charge in [-0.05, 0) is 12.1 Å². The molecule has 20 heavy (non-hydrogen) atoms. The molecule has 0 bridgehead atoms. The number of alkyl halides is 3. The number of carbonyl (C=O) groups is 2. The summed E-state index contributed by atoms with van der Waals surface area (Å²) >= 11 is 0.